The Morgan fingerprint density at radius 2 is 1.95 bits per heavy atom. The Morgan fingerprint density at radius 3 is 2.57 bits per heavy atom. The molecule has 0 saturated heterocycles. The second-order valence-electron chi connectivity index (χ2n) is 3.94. The predicted octanol–water partition coefficient (Wildman–Crippen LogP) is 4.36. The fraction of sp³-hybridized carbons (Fsp3) is 0.0833. The minimum atomic E-state index is -1.14. The van der Waals surface area contributed by atoms with Crippen LogP contribution < -0.4 is 5.32 Å². The van der Waals surface area contributed by atoms with Crippen molar-refractivity contribution in [3.8, 4) is 0 Å². The van der Waals surface area contributed by atoms with Crippen LogP contribution in [0.25, 0.3) is 0 Å². The van der Waals surface area contributed by atoms with E-state index in [0.717, 1.165) is 16.2 Å². The van der Waals surface area contributed by atoms with Gasteiger partial charge in [-0.3, -0.25) is 4.79 Å². The summed E-state index contributed by atoms with van der Waals surface area (Å²) in [5, 5.41) is 11.8. The average Bonchev–Trinajstić information content (AvgIpc) is 2.77. The van der Waals surface area contributed by atoms with E-state index in [0.29, 0.717) is 0 Å². The summed E-state index contributed by atoms with van der Waals surface area (Å²) >= 11 is 18.6. The van der Waals surface area contributed by atoms with Crippen LogP contribution in [0, 0.1) is 6.92 Å². The number of aromatic carboxylic acids is 1. The lowest BCUT2D eigenvalue weighted by molar-refractivity contribution is 0.0698. The number of carboxylic acid groups (broad SMARTS) is 1. The van der Waals surface area contributed by atoms with Gasteiger partial charge in [0, 0.05) is 11.1 Å². The number of pyridine rings is 1. The van der Waals surface area contributed by atoms with E-state index in [4.69, 9.17) is 39.9 Å². The molecule has 0 bridgehead atoms. The lowest BCUT2D eigenvalue weighted by Gasteiger charge is -2.07. The highest BCUT2D eigenvalue weighted by Gasteiger charge is 2.21. The number of carbonyl (C=O) groups is 2. The van der Waals surface area contributed by atoms with Crippen molar-refractivity contribution in [3.05, 3.63) is 43.5 Å². The fourth-order valence-corrected chi connectivity index (χ4v) is 2.99. The first kappa shape index (κ1) is 16.0. The number of aryl methyl sites for hydroxylation is 1. The van der Waals surface area contributed by atoms with E-state index in [-0.39, 0.29) is 31.3 Å². The maximum Gasteiger partial charge on any atom is 0.338 e. The van der Waals surface area contributed by atoms with Gasteiger partial charge in [-0.15, -0.1) is 11.3 Å². The van der Waals surface area contributed by atoms with Gasteiger partial charge in [0.05, 0.1) is 20.6 Å². The van der Waals surface area contributed by atoms with Crippen molar-refractivity contribution < 1.29 is 14.7 Å². The van der Waals surface area contributed by atoms with E-state index in [1.54, 1.807) is 6.92 Å². The summed E-state index contributed by atoms with van der Waals surface area (Å²) in [6.45, 7) is 1.73. The minimum Gasteiger partial charge on any atom is -0.478 e. The minimum absolute atomic E-state index is 0.00188. The van der Waals surface area contributed by atoms with Crippen molar-refractivity contribution in [1.82, 2.24) is 4.98 Å². The van der Waals surface area contributed by atoms with Crippen molar-refractivity contribution >= 4 is 63.0 Å². The first-order valence-electron chi connectivity index (χ1n) is 5.45. The zero-order valence-corrected chi connectivity index (χ0v) is 13.5. The van der Waals surface area contributed by atoms with Crippen LogP contribution in [0.3, 0.4) is 0 Å². The lowest BCUT2D eigenvalue weighted by atomic mass is 10.3. The van der Waals surface area contributed by atoms with E-state index in [1.807, 2.05) is 0 Å². The summed E-state index contributed by atoms with van der Waals surface area (Å²) in [5.74, 6) is -1.80. The van der Waals surface area contributed by atoms with Crippen LogP contribution >= 0.6 is 46.1 Å². The molecule has 0 spiro atoms. The maximum atomic E-state index is 12.1. The third-order valence-electron chi connectivity index (χ3n) is 2.45. The number of nitrogens with zero attached hydrogens (tertiary/aromatic N) is 1. The van der Waals surface area contributed by atoms with Gasteiger partial charge in [0.15, 0.2) is 0 Å². The van der Waals surface area contributed by atoms with Crippen molar-refractivity contribution in [1.29, 1.82) is 0 Å². The molecule has 110 valence electrons. The van der Waals surface area contributed by atoms with Crippen LogP contribution in [-0.2, 0) is 0 Å². The summed E-state index contributed by atoms with van der Waals surface area (Å²) in [7, 11) is 0. The Labute approximate surface area is 138 Å². The Bertz CT molecular complexity index is 746. The van der Waals surface area contributed by atoms with E-state index >= 15 is 0 Å². The number of carbonyl (C=O) groups excluding carboxylic acids is 1. The molecule has 2 heterocycles. The summed E-state index contributed by atoms with van der Waals surface area (Å²) < 4.78 is 0. The van der Waals surface area contributed by atoms with Crippen molar-refractivity contribution in [2.75, 3.05) is 5.32 Å². The Hall–Kier alpha value is -1.34. The van der Waals surface area contributed by atoms with Crippen LogP contribution in [-0.4, -0.2) is 22.0 Å². The van der Waals surface area contributed by atoms with Gasteiger partial charge in [-0.2, -0.15) is 0 Å². The van der Waals surface area contributed by atoms with E-state index in [9.17, 15) is 9.59 Å². The highest BCUT2D eigenvalue weighted by molar-refractivity contribution is 7.16. The van der Waals surface area contributed by atoms with E-state index < -0.39 is 11.9 Å². The molecule has 2 aromatic heterocycles. The fourth-order valence-electron chi connectivity index (χ4n) is 1.53. The number of halogens is 3. The number of rotatable bonds is 3. The molecule has 2 rings (SSSR count). The summed E-state index contributed by atoms with van der Waals surface area (Å²) in [6, 6.07) is 1.46. The second kappa shape index (κ2) is 6.19. The van der Waals surface area contributed by atoms with Gasteiger partial charge < -0.3 is 10.4 Å². The number of aromatic nitrogens is 1. The molecule has 9 heteroatoms. The zero-order chi connectivity index (χ0) is 15.7. The lowest BCUT2D eigenvalue weighted by Crippen LogP contribution is -2.15. The molecule has 0 radical (unpaired) electrons. The molecule has 0 aliphatic carbocycles. The summed E-state index contributed by atoms with van der Waals surface area (Å²) in [6.07, 6.45) is 1.20. The van der Waals surface area contributed by atoms with Crippen LogP contribution in [0.15, 0.2) is 12.3 Å². The van der Waals surface area contributed by atoms with Gasteiger partial charge in [-0.1, -0.05) is 34.8 Å². The Balaban J connectivity index is 2.35. The molecule has 0 saturated carbocycles. The third-order valence-corrected chi connectivity index (χ3v) is 4.65. The zero-order valence-electron chi connectivity index (χ0n) is 10.4. The molecule has 0 aliphatic rings. The van der Waals surface area contributed by atoms with Crippen LogP contribution in [0.5, 0.6) is 0 Å². The molecule has 2 N–H and O–H groups in total. The molecule has 1 amide bonds. The summed E-state index contributed by atoms with van der Waals surface area (Å²) in [4.78, 5) is 27.8. The molecule has 0 aromatic carbocycles. The van der Waals surface area contributed by atoms with Gasteiger partial charge in [0.1, 0.15) is 10.7 Å². The Kier molecular flexibility index (Phi) is 4.73. The van der Waals surface area contributed by atoms with Gasteiger partial charge in [0.2, 0.25) is 0 Å². The molecule has 0 atom stereocenters. The van der Waals surface area contributed by atoms with Crippen molar-refractivity contribution in [2.45, 2.75) is 6.92 Å². The third kappa shape index (κ3) is 3.29. The highest BCUT2D eigenvalue weighted by Crippen LogP contribution is 2.32. The highest BCUT2D eigenvalue weighted by atomic mass is 35.5. The largest absolute Gasteiger partial charge is 0.478 e. The molecule has 0 aliphatic heterocycles. The maximum absolute atomic E-state index is 12.1. The first-order valence-corrected chi connectivity index (χ1v) is 7.41. The van der Waals surface area contributed by atoms with Crippen LogP contribution in [0.2, 0.25) is 15.1 Å². The van der Waals surface area contributed by atoms with Gasteiger partial charge in [-0.05, 0) is 13.0 Å². The average molecular weight is 366 g/mol. The van der Waals surface area contributed by atoms with Gasteiger partial charge in [0.25, 0.3) is 5.91 Å². The Morgan fingerprint density at radius 1 is 1.29 bits per heavy atom. The smallest absolute Gasteiger partial charge is 0.338 e. The quantitative estimate of drug-likeness (QED) is 0.847. The molecule has 21 heavy (non-hydrogen) atoms. The molecule has 0 unspecified atom stereocenters. The number of hydrogen-bond acceptors (Lipinski definition) is 4. The topological polar surface area (TPSA) is 79.3 Å². The SMILES string of the molecule is Cc1cc(C(=O)O)c(NC(=O)c2ncc(Cl)c(Cl)c2Cl)s1. The van der Waals surface area contributed by atoms with Crippen LogP contribution in [0.1, 0.15) is 25.7 Å². The predicted molar refractivity (Wildman–Crippen MR) is 83.2 cm³/mol. The standard InChI is InChI=1S/C12H7Cl3N2O3S/c1-4-2-5(12(19)20)11(21-4)17-10(18)9-8(15)7(14)6(13)3-16-9/h2-3H,1H3,(H,17,18)(H,19,20). The second-order valence-corrected chi connectivity index (χ2v) is 6.36. The van der Waals surface area contributed by atoms with Crippen molar-refractivity contribution in [3.63, 3.8) is 0 Å². The van der Waals surface area contributed by atoms with Crippen LogP contribution in [0.4, 0.5) is 5.00 Å². The number of amides is 1. The number of thiophene rings is 1. The molecule has 2 aromatic rings. The number of hydrogen-bond donors (Lipinski definition) is 2. The normalized spacial score (nSPS) is 10.5. The summed E-state index contributed by atoms with van der Waals surface area (Å²) in [5.41, 5.74) is -0.129. The molecule has 5 nitrogen and oxygen atoms in total. The number of anilines is 1. The first-order chi connectivity index (χ1) is 9.81. The number of nitrogens with one attached hydrogen (secondary N) is 1. The van der Waals surface area contributed by atoms with Gasteiger partial charge >= 0.3 is 5.97 Å². The number of carboxylic acids is 1. The van der Waals surface area contributed by atoms with E-state index in [2.05, 4.69) is 10.3 Å². The monoisotopic (exact) mass is 364 g/mol. The molecule has 0 fully saturated rings. The molecular weight excluding hydrogens is 359 g/mol. The molecular formula is C12H7Cl3N2O3S. The van der Waals surface area contributed by atoms with Crippen molar-refractivity contribution in [2.24, 2.45) is 0 Å². The van der Waals surface area contributed by atoms with E-state index in [1.165, 1.54) is 12.3 Å². The van der Waals surface area contributed by atoms with Gasteiger partial charge in [-0.25, -0.2) is 9.78 Å².